The first-order valence-electron chi connectivity index (χ1n) is 4.78. The van der Waals surface area contributed by atoms with Gasteiger partial charge in [0.05, 0.1) is 10.9 Å². The van der Waals surface area contributed by atoms with Crippen LogP contribution >= 0.6 is 27.5 Å². The van der Waals surface area contributed by atoms with E-state index in [1.807, 2.05) is 0 Å². The van der Waals surface area contributed by atoms with Gasteiger partial charge in [-0.15, -0.1) is 11.6 Å². The zero-order chi connectivity index (χ0) is 13.0. The Bertz CT molecular complexity index is 410. The third-order valence-electron chi connectivity index (χ3n) is 2.07. The van der Waals surface area contributed by atoms with Crippen molar-refractivity contribution in [3.8, 4) is 5.75 Å². The lowest BCUT2D eigenvalue weighted by Crippen LogP contribution is -2.15. The summed E-state index contributed by atoms with van der Waals surface area (Å²) in [4.78, 5) is 11.7. The molecule has 0 aliphatic rings. The second-order valence-electron chi connectivity index (χ2n) is 3.29. The molecule has 0 aromatic heterocycles. The third kappa shape index (κ3) is 3.64. The Balaban J connectivity index is 3.23. The van der Waals surface area contributed by atoms with Crippen molar-refractivity contribution in [1.29, 1.82) is 0 Å². The minimum Gasteiger partial charge on any atom is -0.434 e. The quantitative estimate of drug-likeness (QED) is 0.604. The highest BCUT2D eigenvalue weighted by molar-refractivity contribution is 9.08. The van der Waals surface area contributed by atoms with Crippen molar-refractivity contribution >= 4 is 33.3 Å². The first kappa shape index (κ1) is 14.4. The lowest BCUT2D eigenvalue weighted by molar-refractivity contribution is -0.0506. The molecule has 0 amide bonds. The van der Waals surface area contributed by atoms with E-state index in [9.17, 15) is 13.6 Å². The molecule has 94 valence electrons. The summed E-state index contributed by atoms with van der Waals surface area (Å²) < 4.78 is 29.0. The number of ether oxygens (including phenoxy) is 1. The van der Waals surface area contributed by atoms with Gasteiger partial charge in [-0.3, -0.25) is 4.79 Å². The molecule has 0 heterocycles. The summed E-state index contributed by atoms with van der Waals surface area (Å²) in [5, 5.41) is -0.479. The molecular weight excluding hydrogens is 317 g/mol. The van der Waals surface area contributed by atoms with E-state index in [2.05, 4.69) is 20.7 Å². The minimum atomic E-state index is -2.98. The summed E-state index contributed by atoms with van der Waals surface area (Å²) >= 11 is 8.81. The SMILES string of the molecule is CC(Cl)C(=O)c1cccc(CBr)c1OC(F)F. The van der Waals surface area contributed by atoms with Crippen molar-refractivity contribution in [2.24, 2.45) is 0 Å². The van der Waals surface area contributed by atoms with Gasteiger partial charge in [-0.1, -0.05) is 28.1 Å². The molecule has 0 fully saturated rings. The maximum atomic E-state index is 12.3. The van der Waals surface area contributed by atoms with Gasteiger partial charge in [0.15, 0.2) is 5.78 Å². The smallest absolute Gasteiger partial charge is 0.387 e. The predicted octanol–water partition coefficient (Wildman–Crippen LogP) is 3.99. The van der Waals surface area contributed by atoms with Gasteiger partial charge in [0.25, 0.3) is 0 Å². The summed E-state index contributed by atoms with van der Waals surface area (Å²) in [7, 11) is 0. The largest absolute Gasteiger partial charge is 0.434 e. The zero-order valence-corrected chi connectivity index (χ0v) is 11.3. The molecule has 0 spiro atoms. The summed E-state index contributed by atoms with van der Waals surface area (Å²) in [6, 6.07) is 4.62. The molecular formula is C11H10BrClF2O2. The van der Waals surface area contributed by atoms with Gasteiger partial charge in [0.2, 0.25) is 0 Å². The fourth-order valence-electron chi connectivity index (χ4n) is 1.33. The molecule has 0 saturated carbocycles. The molecule has 0 aliphatic heterocycles. The second kappa shape index (κ2) is 6.31. The monoisotopic (exact) mass is 326 g/mol. The van der Waals surface area contributed by atoms with Gasteiger partial charge in [0.1, 0.15) is 5.75 Å². The lowest BCUT2D eigenvalue weighted by Gasteiger charge is -2.14. The van der Waals surface area contributed by atoms with Crippen molar-refractivity contribution in [2.45, 2.75) is 24.2 Å². The molecule has 2 nitrogen and oxygen atoms in total. The molecule has 6 heteroatoms. The van der Waals surface area contributed by atoms with Crippen LogP contribution in [0.15, 0.2) is 18.2 Å². The van der Waals surface area contributed by atoms with E-state index in [0.29, 0.717) is 10.9 Å². The van der Waals surface area contributed by atoms with Crippen LogP contribution in [0.4, 0.5) is 8.78 Å². The number of ketones is 1. The molecule has 0 bridgehead atoms. The van der Waals surface area contributed by atoms with Crippen LogP contribution in [0.25, 0.3) is 0 Å². The Morgan fingerprint density at radius 1 is 1.53 bits per heavy atom. The van der Waals surface area contributed by atoms with Crippen molar-refractivity contribution in [3.63, 3.8) is 0 Å². The van der Waals surface area contributed by atoms with E-state index >= 15 is 0 Å². The van der Waals surface area contributed by atoms with Crippen LogP contribution in [0.1, 0.15) is 22.8 Å². The van der Waals surface area contributed by atoms with Crippen LogP contribution < -0.4 is 4.74 Å². The number of rotatable bonds is 5. The normalized spacial score (nSPS) is 12.6. The third-order valence-corrected chi connectivity index (χ3v) is 2.88. The van der Waals surface area contributed by atoms with Crippen molar-refractivity contribution in [3.05, 3.63) is 29.3 Å². The van der Waals surface area contributed by atoms with Gasteiger partial charge in [-0.05, 0) is 13.0 Å². The number of halogens is 4. The highest BCUT2D eigenvalue weighted by atomic mass is 79.9. The van der Waals surface area contributed by atoms with Crippen LogP contribution in [0, 0.1) is 0 Å². The molecule has 0 radical (unpaired) electrons. The van der Waals surface area contributed by atoms with E-state index in [0.717, 1.165) is 0 Å². The van der Waals surface area contributed by atoms with Gasteiger partial charge in [-0.2, -0.15) is 8.78 Å². The Morgan fingerprint density at radius 2 is 2.18 bits per heavy atom. The number of alkyl halides is 4. The lowest BCUT2D eigenvalue weighted by atomic mass is 10.0. The Morgan fingerprint density at radius 3 is 2.65 bits per heavy atom. The molecule has 1 unspecified atom stereocenters. The van der Waals surface area contributed by atoms with Gasteiger partial charge in [0, 0.05) is 10.9 Å². The molecule has 1 aromatic carbocycles. The van der Waals surface area contributed by atoms with E-state index in [1.54, 1.807) is 12.1 Å². The highest BCUT2D eigenvalue weighted by Crippen LogP contribution is 2.29. The maximum absolute atomic E-state index is 12.3. The maximum Gasteiger partial charge on any atom is 0.387 e. The summed E-state index contributed by atoms with van der Waals surface area (Å²) in [6.45, 7) is -1.50. The molecule has 0 N–H and O–H groups in total. The molecule has 0 saturated heterocycles. The fourth-order valence-corrected chi connectivity index (χ4v) is 1.89. The number of carbonyl (C=O) groups is 1. The van der Waals surface area contributed by atoms with Crippen LogP contribution in [-0.4, -0.2) is 17.8 Å². The summed E-state index contributed by atoms with van der Waals surface area (Å²) in [5.41, 5.74) is 0.554. The minimum absolute atomic E-state index is 0.0738. The van der Waals surface area contributed by atoms with Crippen molar-refractivity contribution < 1.29 is 18.3 Å². The highest BCUT2D eigenvalue weighted by Gasteiger charge is 2.21. The summed E-state index contributed by atoms with van der Waals surface area (Å²) in [5.74, 6) is -0.554. The van der Waals surface area contributed by atoms with E-state index < -0.39 is 17.8 Å². The standard InChI is InChI=1S/C11H10BrClF2O2/c1-6(13)9(16)8-4-2-3-7(5-12)10(8)17-11(14)15/h2-4,6,11H,5H2,1H3. The van der Waals surface area contributed by atoms with Crippen LogP contribution in [0.3, 0.4) is 0 Å². The van der Waals surface area contributed by atoms with Crippen LogP contribution in [-0.2, 0) is 5.33 Å². The first-order chi connectivity index (χ1) is 7.97. The number of hydrogen-bond acceptors (Lipinski definition) is 2. The number of Topliss-reactive ketones (excluding diaryl/α,β-unsaturated/α-hetero) is 1. The fraction of sp³-hybridized carbons (Fsp3) is 0.364. The zero-order valence-electron chi connectivity index (χ0n) is 8.92. The number of benzene rings is 1. The van der Waals surface area contributed by atoms with Crippen molar-refractivity contribution in [1.82, 2.24) is 0 Å². The Kier molecular flexibility index (Phi) is 5.33. The van der Waals surface area contributed by atoms with E-state index in [1.165, 1.54) is 13.0 Å². The van der Waals surface area contributed by atoms with E-state index in [4.69, 9.17) is 11.6 Å². The van der Waals surface area contributed by atoms with E-state index in [-0.39, 0.29) is 11.3 Å². The van der Waals surface area contributed by atoms with Crippen LogP contribution in [0.2, 0.25) is 0 Å². The topological polar surface area (TPSA) is 26.3 Å². The molecule has 1 rings (SSSR count). The molecule has 1 aromatic rings. The van der Waals surface area contributed by atoms with Crippen LogP contribution in [0.5, 0.6) is 5.75 Å². The number of para-hydroxylation sites is 1. The number of hydrogen-bond donors (Lipinski definition) is 0. The first-order valence-corrected chi connectivity index (χ1v) is 6.34. The Labute approximate surface area is 111 Å². The average Bonchev–Trinajstić information content (AvgIpc) is 2.27. The van der Waals surface area contributed by atoms with Gasteiger partial charge >= 0.3 is 6.61 Å². The number of carbonyl (C=O) groups excluding carboxylic acids is 1. The Hall–Kier alpha value is -0.680. The molecule has 17 heavy (non-hydrogen) atoms. The van der Waals surface area contributed by atoms with Gasteiger partial charge < -0.3 is 4.74 Å². The predicted molar refractivity (Wildman–Crippen MR) is 65.4 cm³/mol. The average molecular weight is 328 g/mol. The van der Waals surface area contributed by atoms with Gasteiger partial charge in [-0.25, -0.2) is 0 Å². The second-order valence-corrected chi connectivity index (χ2v) is 4.50. The molecule has 1 atom stereocenters. The summed E-state index contributed by atoms with van der Waals surface area (Å²) in [6.07, 6.45) is 0. The van der Waals surface area contributed by atoms with Crippen molar-refractivity contribution in [2.75, 3.05) is 0 Å². The molecule has 0 aliphatic carbocycles.